The molecule has 1 aliphatic rings. The first-order chi connectivity index (χ1) is 9.84. The van der Waals surface area contributed by atoms with Gasteiger partial charge in [-0.2, -0.15) is 0 Å². The van der Waals surface area contributed by atoms with Crippen LogP contribution >= 0.6 is 11.3 Å². The minimum Gasteiger partial charge on any atom is -0.303 e. The summed E-state index contributed by atoms with van der Waals surface area (Å²) in [5.41, 5.74) is 0.917. The Morgan fingerprint density at radius 1 is 1.10 bits per heavy atom. The number of hydrogen-bond donors (Lipinski definition) is 0. The number of thiophene rings is 1. The van der Waals surface area contributed by atoms with Crippen molar-refractivity contribution in [2.45, 2.75) is 32.1 Å². The highest BCUT2D eigenvalue weighted by Gasteiger charge is 2.14. The largest absolute Gasteiger partial charge is 0.303 e. The number of rotatable bonds is 4. The van der Waals surface area contributed by atoms with E-state index in [0.717, 1.165) is 30.6 Å². The maximum atomic E-state index is 12.4. The van der Waals surface area contributed by atoms with Gasteiger partial charge in [-0.1, -0.05) is 31.0 Å². The van der Waals surface area contributed by atoms with Gasteiger partial charge >= 0.3 is 0 Å². The van der Waals surface area contributed by atoms with Gasteiger partial charge in [0.15, 0.2) is 5.78 Å². The SMILES string of the molecule is O=C(CCN1CCCCCC1)c1csc2ccccc12. The Morgan fingerprint density at radius 2 is 1.85 bits per heavy atom. The molecule has 2 heterocycles. The normalized spacial score (nSPS) is 17.2. The molecule has 1 saturated heterocycles. The fourth-order valence-corrected chi connectivity index (χ4v) is 3.91. The molecule has 1 aliphatic heterocycles. The molecule has 3 heteroatoms. The summed E-state index contributed by atoms with van der Waals surface area (Å²) < 4.78 is 1.21. The lowest BCUT2D eigenvalue weighted by atomic mass is 10.1. The predicted molar refractivity (Wildman–Crippen MR) is 85.7 cm³/mol. The van der Waals surface area contributed by atoms with Crippen LogP contribution < -0.4 is 0 Å². The number of likely N-dealkylation sites (tertiary alicyclic amines) is 1. The monoisotopic (exact) mass is 287 g/mol. The van der Waals surface area contributed by atoms with Crippen molar-refractivity contribution in [1.29, 1.82) is 0 Å². The second-order valence-corrected chi connectivity index (χ2v) is 6.49. The third-order valence-corrected chi connectivity index (χ3v) is 5.10. The smallest absolute Gasteiger partial charge is 0.165 e. The first kappa shape index (κ1) is 13.8. The van der Waals surface area contributed by atoms with Gasteiger partial charge in [-0.15, -0.1) is 11.3 Å². The second kappa shape index (κ2) is 6.51. The van der Waals surface area contributed by atoms with Gasteiger partial charge in [0.1, 0.15) is 0 Å². The van der Waals surface area contributed by atoms with Crippen LogP contribution in [0.15, 0.2) is 29.6 Å². The first-order valence-electron chi connectivity index (χ1n) is 7.56. The molecule has 0 bridgehead atoms. The summed E-state index contributed by atoms with van der Waals surface area (Å²) in [6, 6.07) is 8.20. The molecule has 0 saturated carbocycles. The standard InChI is InChI=1S/C17H21NOS/c19-16(9-12-18-10-5-1-2-6-11-18)15-13-20-17-8-4-3-7-14(15)17/h3-4,7-8,13H,1-2,5-6,9-12H2. The average Bonchev–Trinajstić information content (AvgIpc) is 2.73. The Balaban J connectivity index is 1.64. The molecule has 0 radical (unpaired) electrons. The maximum absolute atomic E-state index is 12.4. The highest BCUT2D eigenvalue weighted by molar-refractivity contribution is 7.17. The van der Waals surface area contributed by atoms with Crippen molar-refractivity contribution in [2.24, 2.45) is 0 Å². The van der Waals surface area contributed by atoms with Crippen LogP contribution in [0.25, 0.3) is 10.1 Å². The number of benzene rings is 1. The van der Waals surface area contributed by atoms with Crippen LogP contribution in [0.2, 0.25) is 0 Å². The van der Waals surface area contributed by atoms with Crippen LogP contribution in [0.4, 0.5) is 0 Å². The molecule has 0 N–H and O–H groups in total. The fraction of sp³-hybridized carbons (Fsp3) is 0.471. The van der Waals surface area contributed by atoms with Crippen LogP contribution in [0, 0.1) is 0 Å². The molecule has 0 aliphatic carbocycles. The number of hydrogen-bond acceptors (Lipinski definition) is 3. The van der Waals surface area contributed by atoms with E-state index in [9.17, 15) is 4.79 Å². The minimum absolute atomic E-state index is 0.298. The van der Waals surface area contributed by atoms with Crippen LogP contribution in [-0.2, 0) is 0 Å². The van der Waals surface area contributed by atoms with Crippen LogP contribution in [0.5, 0.6) is 0 Å². The zero-order valence-corrected chi connectivity index (χ0v) is 12.6. The zero-order valence-electron chi connectivity index (χ0n) is 11.8. The number of Topliss-reactive ketones (excluding diaryl/α,β-unsaturated/α-hetero) is 1. The van der Waals surface area contributed by atoms with Gasteiger partial charge in [-0.05, 0) is 32.0 Å². The van der Waals surface area contributed by atoms with Crippen molar-refractivity contribution in [1.82, 2.24) is 4.90 Å². The van der Waals surface area contributed by atoms with Gasteiger partial charge in [0.2, 0.25) is 0 Å². The lowest BCUT2D eigenvalue weighted by molar-refractivity contribution is 0.0967. The molecule has 2 aromatic rings. The highest BCUT2D eigenvalue weighted by Crippen LogP contribution is 2.26. The fourth-order valence-electron chi connectivity index (χ4n) is 2.95. The summed E-state index contributed by atoms with van der Waals surface area (Å²) in [6.45, 7) is 3.25. The lowest BCUT2D eigenvalue weighted by Crippen LogP contribution is -2.27. The van der Waals surface area contributed by atoms with Gasteiger partial charge in [0.25, 0.3) is 0 Å². The topological polar surface area (TPSA) is 20.3 Å². The van der Waals surface area contributed by atoms with Gasteiger partial charge in [0.05, 0.1) is 0 Å². The molecule has 106 valence electrons. The Hall–Kier alpha value is -1.19. The van der Waals surface area contributed by atoms with Crippen LogP contribution in [0.1, 0.15) is 42.5 Å². The van der Waals surface area contributed by atoms with E-state index >= 15 is 0 Å². The Labute approximate surface area is 124 Å². The van der Waals surface area contributed by atoms with E-state index in [0.29, 0.717) is 12.2 Å². The molecule has 2 nitrogen and oxygen atoms in total. The van der Waals surface area contributed by atoms with Crippen molar-refractivity contribution < 1.29 is 4.79 Å². The van der Waals surface area contributed by atoms with E-state index in [1.165, 1.54) is 30.4 Å². The third kappa shape index (κ3) is 3.10. The molecular weight excluding hydrogens is 266 g/mol. The van der Waals surface area contributed by atoms with E-state index in [-0.39, 0.29) is 0 Å². The highest BCUT2D eigenvalue weighted by atomic mass is 32.1. The molecule has 0 atom stereocenters. The van der Waals surface area contributed by atoms with Gasteiger partial charge in [0, 0.05) is 34.0 Å². The number of fused-ring (bicyclic) bond motifs is 1. The van der Waals surface area contributed by atoms with E-state index in [1.54, 1.807) is 11.3 Å². The zero-order chi connectivity index (χ0) is 13.8. The molecule has 0 amide bonds. The average molecular weight is 287 g/mol. The lowest BCUT2D eigenvalue weighted by Gasteiger charge is -2.18. The Bertz CT molecular complexity index is 581. The molecule has 1 fully saturated rings. The van der Waals surface area contributed by atoms with E-state index in [2.05, 4.69) is 17.0 Å². The predicted octanol–water partition coefficient (Wildman–Crippen LogP) is 4.35. The van der Waals surface area contributed by atoms with Gasteiger partial charge < -0.3 is 4.90 Å². The molecule has 0 unspecified atom stereocenters. The molecular formula is C17H21NOS. The maximum Gasteiger partial charge on any atom is 0.165 e. The van der Waals surface area contributed by atoms with Crippen molar-refractivity contribution in [3.05, 3.63) is 35.2 Å². The Kier molecular flexibility index (Phi) is 4.48. The number of nitrogens with zero attached hydrogens (tertiary/aromatic N) is 1. The number of carbonyl (C=O) groups is 1. The second-order valence-electron chi connectivity index (χ2n) is 5.57. The summed E-state index contributed by atoms with van der Waals surface area (Å²) in [4.78, 5) is 14.9. The van der Waals surface area contributed by atoms with E-state index in [1.807, 2.05) is 17.5 Å². The third-order valence-electron chi connectivity index (χ3n) is 4.14. The van der Waals surface area contributed by atoms with E-state index in [4.69, 9.17) is 0 Å². The van der Waals surface area contributed by atoms with Crippen molar-refractivity contribution >= 4 is 27.2 Å². The van der Waals surface area contributed by atoms with Crippen molar-refractivity contribution in [2.75, 3.05) is 19.6 Å². The van der Waals surface area contributed by atoms with Crippen molar-refractivity contribution in [3.63, 3.8) is 0 Å². The summed E-state index contributed by atoms with van der Waals surface area (Å²) in [5.74, 6) is 0.298. The minimum atomic E-state index is 0.298. The number of ketones is 1. The summed E-state index contributed by atoms with van der Waals surface area (Å²) >= 11 is 1.67. The molecule has 1 aromatic carbocycles. The first-order valence-corrected chi connectivity index (χ1v) is 8.44. The Morgan fingerprint density at radius 3 is 2.65 bits per heavy atom. The van der Waals surface area contributed by atoms with Crippen LogP contribution in [0.3, 0.4) is 0 Å². The molecule has 1 aromatic heterocycles. The number of carbonyl (C=O) groups excluding carboxylic acids is 1. The summed E-state index contributed by atoms with van der Waals surface area (Å²) in [6.07, 6.45) is 5.92. The molecule has 20 heavy (non-hydrogen) atoms. The quantitative estimate of drug-likeness (QED) is 0.779. The van der Waals surface area contributed by atoms with Crippen molar-refractivity contribution in [3.8, 4) is 0 Å². The molecule has 0 spiro atoms. The molecule has 3 rings (SSSR count). The van der Waals surface area contributed by atoms with Gasteiger partial charge in [-0.3, -0.25) is 4.79 Å². The summed E-state index contributed by atoms with van der Waals surface area (Å²) in [5, 5.41) is 3.15. The summed E-state index contributed by atoms with van der Waals surface area (Å²) in [7, 11) is 0. The van der Waals surface area contributed by atoms with Crippen LogP contribution in [-0.4, -0.2) is 30.3 Å². The van der Waals surface area contributed by atoms with Gasteiger partial charge in [-0.25, -0.2) is 0 Å². The van der Waals surface area contributed by atoms with E-state index < -0.39 is 0 Å².